The van der Waals surface area contributed by atoms with Crippen molar-refractivity contribution in [2.45, 2.75) is 89.9 Å². The maximum absolute atomic E-state index is 10.5. The van der Waals surface area contributed by atoms with Crippen LogP contribution in [-0.4, -0.2) is 22.9 Å². The number of hydrogen-bond acceptors (Lipinski definition) is 2. The molecule has 0 aromatic carbocycles. The first kappa shape index (κ1) is 14.3. The van der Waals surface area contributed by atoms with Crippen LogP contribution in [0.2, 0.25) is 0 Å². The Morgan fingerprint density at radius 2 is 1.68 bits per heavy atom. The molecule has 4 aliphatic carbocycles. The number of ether oxygens (including phenoxy) is 1. The van der Waals surface area contributed by atoms with Crippen molar-refractivity contribution in [3.05, 3.63) is 0 Å². The van der Waals surface area contributed by atoms with Crippen molar-refractivity contribution in [2.75, 3.05) is 0 Å². The lowest BCUT2D eigenvalue weighted by Gasteiger charge is -2.60. The third-order valence-electron chi connectivity index (χ3n) is 9.28. The molecule has 2 nitrogen and oxygen atoms in total. The molecule has 22 heavy (non-hydrogen) atoms. The molecule has 0 amide bonds. The average Bonchev–Trinajstić information content (AvgIpc) is 3.00. The monoisotopic (exact) mass is 304 g/mol. The van der Waals surface area contributed by atoms with Crippen LogP contribution in [0.15, 0.2) is 0 Å². The van der Waals surface area contributed by atoms with Crippen LogP contribution in [0.4, 0.5) is 0 Å². The second kappa shape index (κ2) is 4.11. The SMILES string of the molecule is CC12CC3(C)C(CCC4C5CCC(O)C5(C)CCC43)CC1O2. The quantitative estimate of drug-likeness (QED) is 0.682. The molecule has 0 aromatic rings. The van der Waals surface area contributed by atoms with Crippen molar-refractivity contribution in [2.24, 2.45) is 34.5 Å². The highest BCUT2D eigenvalue weighted by Gasteiger charge is 2.67. The first-order valence-corrected chi connectivity index (χ1v) is 9.73. The lowest BCUT2D eigenvalue weighted by atomic mass is 9.44. The summed E-state index contributed by atoms with van der Waals surface area (Å²) in [4.78, 5) is 0. The van der Waals surface area contributed by atoms with Gasteiger partial charge in [0, 0.05) is 0 Å². The molecule has 1 N–H and O–H groups in total. The van der Waals surface area contributed by atoms with Gasteiger partial charge in [0.25, 0.3) is 0 Å². The Bertz CT molecular complexity index is 504. The molecule has 124 valence electrons. The van der Waals surface area contributed by atoms with Gasteiger partial charge in [-0.25, -0.2) is 0 Å². The maximum Gasteiger partial charge on any atom is 0.0926 e. The summed E-state index contributed by atoms with van der Waals surface area (Å²) in [5.74, 6) is 3.43. The molecule has 9 unspecified atom stereocenters. The largest absolute Gasteiger partial charge is 0.393 e. The van der Waals surface area contributed by atoms with Gasteiger partial charge in [-0.15, -0.1) is 0 Å². The van der Waals surface area contributed by atoms with E-state index in [9.17, 15) is 5.11 Å². The van der Waals surface area contributed by atoms with Crippen molar-refractivity contribution >= 4 is 0 Å². The predicted molar refractivity (Wildman–Crippen MR) is 86.4 cm³/mol. The molecule has 0 spiro atoms. The van der Waals surface area contributed by atoms with Crippen molar-refractivity contribution in [3.63, 3.8) is 0 Å². The van der Waals surface area contributed by atoms with E-state index >= 15 is 0 Å². The number of fused-ring (bicyclic) bond motifs is 6. The highest BCUT2D eigenvalue weighted by atomic mass is 16.6. The number of aliphatic hydroxyl groups is 1. The zero-order chi connectivity index (χ0) is 15.3. The third kappa shape index (κ3) is 1.59. The second-order valence-electron chi connectivity index (χ2n) is 10.1. The van der Waals surface area contributed by atoms with Gasteiger partial charge in [-0.2, -0.15) is 0 Å². The molecule has 0 aromatic heterocycles. The first-order valence-electron chi connectivity index (χ1n) is 9.73. The summed E-state index contributed by atoms with van der Waals surface area (Å²) in [6.45, 7) is 7.35. The summed E-state index contributed by atoms with van der Waals surface area (Å²) < 4.78 is 6.09. The Balaban J connectivity index is 1.48. The number of epoxide rings is 1. The zero-order valence-corrected chi connectivity index (χ0v) is 14.5. The Morgan fingerprint density at radius 1 is 0.909 bits per heavy atom. The van der Waals surface area contributed by atoms with Crippen molar-refractivity contribution in [1.29, 1.82) is 0 Å². The van der Waals surface area contributed by atoms with Crippen LogP contribution in [0, 0.1) is 34.5 Å². The van der Waals surface area contributed by atoms with Gasteiger partial charge in [0.1, 0.15) is 0 Å². The molecule has 1 aliphatic heterocycles. The molecular weight excluding hydrogens is 272 g/mol. The van der Waals surface area contributed by atoms with E-state index in [1.54, 1.807) is 0 Å². The fraction of sp³-hybridized carbons (Fsp3) is 1.00. The summed E-state index contributed by atoms with van der Waals surface area (Å²) in [5, 5.41) is 10.5. The van der Waals surface area contributed by atoms with Gasteiger partial charge in [-0.3, -0.25) is 0 Å². The summed E-state index contributed by atoms with van der Waals surface area (Å²) >= 11 is 0. The Labute approximate surface area is 135 Å². The highest BCUT2D eigenvalue weighted by Crippen LogP contribution is 2.69. The third-order valence-corrected chi connectivity index (χ3v) is 9.28. The normalized spacial score (nSPS) is 66.0. The predicted octanol–water partition coefficient (Wildman–Crippen LogP) is 4.16. The first-order chi connectivity index (χ1) is 10.4. The lowest BCUT2D eigenvalue weighted by Crippen LogP contribution is -2.55. The van der Waals surface area contributed by atoms with E-state index in [1.165, 1.54) is 44.9 Å². The fourth-order valence-corrected chi connectivity index (χ4v) is 7.93. The summed E-state index contributed by atoms with van der Waals surface area (Å²) in [6.07, 6.45) is 10.9. The smallest absolute Gasteiger partial charge is 0.0926 e. The van der Waals surface area contributed by atoms with Crippen LogP contribution in [0.5, 0.6) is 0 Å². The second-order valence-corrected chi connectivity index (χ2v) is 10.1. The maximum atomic E-state index is 10.5. The molecule has 4 saturated carbocycles. The van der Waals surface area contributed by atoms with E-state index in [4.69, 9.17) is 4.74 Å². The molecule has 1 heterocycles. The minimum absolute atomic E-state index is 0.0380. The van der Waals surface area contributed by atoms with Gasteiger partial charge < -0.3 is 9.84 Å². The van der Waals surface area contributed by atoms with Crippen molar-refractivity contribution in [1.82, 2.24) is 0 Å². The molecule has 0 radical (unpaired) electrons. The van der Waals surface area contributed by atoms with E-state index in [0.29, 0.717) is 11.5 Å². The van der Waals surface area contributed by atoms with Gasteiger partial charge in [0.15, 0.2) is 0 Å². The number of rotatable bonds is 0. The zero-order valence-electron chi connectivity index (χ0n) is 14.5. The molecule has 5 aliphatic rings. The van der Waals surface area contributed by atoms with Crippen LogP contribution in [-0.2, 0) is 4.74 Å². The summed E-state index contributed by atoms with van der Waals surface area (Å²) in [6, 6.07) is 0. The van der Waals surface area contributed by atoms with Crippen LogP contribution in [0.1, 0.15) is 72.1 Å². The van der Waals surface area contributed by atoms with E-state index < -0.39 is 0 Å². The Hall–Kier alpha value is -0.0800. The van der Waals surface area contributed by atoms with Crippen molar-refractivity contribution < 1.29 is 9.84 Å². The van der Waals surface area contributed by atoms with E-state index in [0.717, 1.165) is 30.1 Å². The number of hydrogen-bond donors (Lipinski definition) is 1. The highest BCUT2D eigenvalue weighted by molar-refractivity contribution is 5.16. The van der Waals surface area contributed by atoms with E-state index in [-0.39, 0.29) is 17.1 Å². The van der Waals surface area contributed by atoms with Crippen molar-refractivity contribution in [3.8, 4) is 0 Å². The molecule has 0 bridgehead atoms. The van der Waals surface area contributed by atoms with Crippen LogP contribution >= 0.6 is 0 Å². The van der Waals surface area contributed by atoms with Gasteiger partial charge in [0.05, 0.1) is 17.8 Å². The molecule has 5 fully saturated rings. The summed E-state index contributed by atoms with van der Waals surface area (Å²) in [7, 11) is 0. The Morgan fingerprint density at radius 3 is 2.50 bits per heavy atom. The molecule has 1 saturated heterocycles. The minimum atomic E-state index is -0.0380. The number of aliphatic hydroxyl groups excluding tert-OH is 1. The van der Waals surface area contributed by atoms with E-state index in [1.807, 2.05) is 0 Å². The minimum Gasteiger partial charge on any atom is -0.393 e. The van der Waals surface area contributed by atoms with Gasteiger partial charge in [-0.1, -0.05) is 13.8 Å². The topological polar surface area (TPSA) is 32.8 Å². The van der Waals surface area contributed by atoms with Crippen LogP contribution in [0.3, 0.4) is 0 Å². The van der Waals surface area contributed by atoms with Crippen LogP contribution < -0.4 is 0 Å². The molecule has 2 heteroatoms. The fourth-order valence-electron chi connectivity index (χ4n) is 7.93. The standard InChI is InChI=1S/C20H32O2/c1-18-9-8-15-13(14(18)6-7-16(18)21)5-4-12-10-17-20(3,22-17)11-19(12,15)2/h12-17,21H,4-11H2,1-3H3. The molecule has 9 atom stereocenters. The van der Waals surface area contributed by atoms with Crippen LogP contribution in [0.25, 0.3) is 0 Å². The lowest BCUT2D eigenvalue weighted by molar-refractivity contribution is -0.121. The summed E-state index contributed by atoms with van der Waals surface area (Å²) in [5.41, 5.74) is 0.935. The van der Waals surface area contributed by atoms with Gasteiger partial charge in [0.2, 0.25) is 0 Å². The van der Waals surface area contributed by atoms with E-state index in [2.05, 4.69) is 20.8 Å². The Kier molecular flexibility index (Phi) is 2.67. The molecular formula is C20H32O2. The molecule has 5 rings (SSSR count). The van der Waals surface area contributed by atoms with Gasteiger partial charge in [-0.05, 0) is 92.8 Å². The van der Waals surface area contributed by atoms with Gasteiger partial charge >= 0.3 is 0 Å². The average molecular weight is 304 g/mol.